The van der Waals surface area contributed by atoms with Crippen LogP contribution in [0.3, 0.4) is 0 Å². The van der Waals surface area contributed by atoms with Crippen LogP contribution in [-0.4, -0.2) is 59.9 Å². The van der Waals surface area contributed by atoms with E-state index in [-0.39, 0.29) is 0 Å². The van der Waals surface area contributed by atoms with Crippen LogP contribution < -0.4 is 0 Å². The van der Waals surface area contributed by atoms with Gasteiger partial charge < -0.3 is 14.9 Å². The normalized spacial score (nSPS) is 9.80. The van der Waals surface area contributed by atoms with Gasteiger partial charge in [-0.15, -0.1) is 13.2 Å². The van der Waals surface area contributed by atoms with Gasteiger partial charge in [-0.2, -0.15) is 0 Å². The van der Waals surface area contributed by atoms with Gasteiger partial charge in [0.2, 0.25) is 0 Å². The Balaban J connectivity index is 0.000000823. The molecule has 0 fully saturated rings. The Morgan fingerprint density at radius 1 is 1.00 bits per heavy atom. The van der Waals surface area contributed by atoms with Crippen molar-refractivity contribution in [3.8, 4) is 0 Å². The maximum atomic E-state index is 9.10. The van der Waals surface area contributed by atoms with Crippen LogP contribution in [0.4, 0.5) is 0 Å². The van der Waals surface area contributed by atoms with Crippen molar-refractivity contribution >= 4 is 11.9 Å². The lowest BCUT2D eigenvalue weighted by atomic mass is 10.1. The predicted octanol–water partition coefficient (Wildman–Crippen LogP) is 2.47. The highest BCUT2D eigenvalue weighted by molar-refractivity contribution is 6.27. The second-order valence-electron chi connectivity index (χ2n) is 5.15. The molecule has 0 bridgehead atoms. The van der Waals surface area contributed by atoms with Gasteiger partial charge in [-0.25, -0.2) is 9.59 Å². The van der Waals surface area contributed by atoms with E-state index in [9.17, 15) is 0 Å². The fourth-order valence-corrected chi connectivity index (χ4v) is 1.94. The van der Waals surface area contributed by atoms with Gasteiger partial charge in [0.05, 0.1) is 6.61 Å². The molecule has 0 heterocycles. The molecule has 1 aromatic carbocycles. The van der Waals surface area contributed by atoms with Gasteiger partial charge in [0.15, 0.2) is 0 Å². The third kappa shape index (κ3) is 13.7. The number of benzene rings is 1. The highest BCUT2D eigenvalue weighted by Crippen LogP contribution is 2.02. The summed E-state index contributed by atoms with van der Waals surface area (Å²) in [7, 11) is 0. The van der Waals surface area contributed by atoms with E-state index in [1.807, 2.05) is 18.2 Å². The highest BCUT2D eigenvalue weighted by atomic mass is 16.5. The number of carboxylic acid groups (broad SMARTS) is 2. The average Bonchev–Trinajstić information content (AvgIpc) is 2.59. The fourth-order valence-electron chi connectivity index (χ4n) is 1.94. The number of rotatable bonds is 11. The molecule has 0 saturated heterocycles. The number of nitrogens with zero attached hydrogens (tertiary/aromatic N) is 1. The molecule has 6 nitrogen and oxygen atoms in total. The molecule has 0 unspecified atom stereocenters. The van der Waals surface area contributed by atoms with Gasteiger partial charge in [-0.1, -0.05) is 42.5 Å². The molecule has 0 aliphatic carbocycles. The molecule has 25 heavy (non-hydrogen) atoms. The SMILES string of the molecule is C=CCN(CC=C)CCOCCCc1ccccc1.O=C(O)C(=O)O. The number of carbonyl (C=O) groups is 2. The quantitative estimate of drug-likeness (QED) is 0.362. The molecular weight excluding hydrogens is 322 g/mol. The van der Waals surface area contributed by atoms with Crippen molar-refractivity contribution in [1.82, 2.24) is 4.90 Å². The molecule has 1 rings (SSSR count). The first kappa shape index (κ1) is 22.6. The molecule has 0 aromatic heterocycles. The van der Waals surface area contributed by atoms with Gasteiger partial charge in [0.1, 0.15) is 0 Å². The Bertz CT molecular complexity index is 494. The van der Waals surface area contributed by atoms with Crippen LogP contribution in [0.15, 0.2) is 55.6 Å². The van der Waals surface area contributed by atoms with Crippen LogP contribution in [0.5, 0.6) is 0 Å². The maximum Gasteiger partial charge on any atom is 0.414 e. The summed E-state index contributed by atoms with van der Waals surface area (Å²) < 4.78 is 5.67. The lowest BCUT2D eigenvalue weighted by Crippen LogP contribution is -2.28. The molecule has 0 radical (unpaired) electrons. The summed E-state index contributed by atoms with van der Waals surface area (Å²) in [6.07, 6.45) is 5.99. The molecule has 1 aromatic rings. The molecule has 0 aliphatic rings. The Morgan fingerprint density at radius 2 is 1.56 bits per heavy atom. The first-order valence-electron chi connectivity index (χ1n) is 8.03. The molecular formula is C19H27NO5. The minimum absolute atomic E-state index is 0.774. The van der Waals surface area contributed by atoms with E-state index in [2.05, 4.69) is 42.3 Å². The second-order valence-corrected chi connectivity index (χ2v) is 5.15. The molecule has 0 spiro atoms. The molecule has 0 saturated carbocycles. The van der Waals surface area contributed by atoms with E-state index in [1.165, 1.54) is 5.56 Å². The third-order valence-corrected chi connectivity index (χ3v) is 3.11. The summed E-state index contributed by atoms with van der Waals surface area (Å²) in [5, 5.41) is 14.8. The highest BCUT2D eigenvalue weighted by Gasteiger charge is 2.04. The number of aryl methyl sites for hydroxylation is 1. The zero-order chi connectivity index (χ0) is 18.9. The largest absolute Gasteiger partial charge is 0.473 e. The van der Waals surface area contributed by atoms with Crippen molar-refractivity contribution < 1.29 is 24.5 Å². The molecule has 2 N–H and O–H groups in total. The number of carboxylic acids is 2. The maximum absolute atomic E-state index is 9.10. The summed E-state index contributed by atoms with van der Waals surface area (Å²) in [6, 6.07) is 10.5. The molecule has 0 atom stereocenters. The van der Waals surface area contributed by atoms with Crippen molar-refractivity contribution in [2.24, 2.45) is 0 Å². The van der Waals surface area contributed by atoms with Crippen LogP contribution in [0, 0.1) is 0 Å². The number of ether oxygens (including phenoxy) is 1. The lowest BCUT2D eigenvalue weighted by Gasteiger charge is -2.18. The van der Waals surface area contributed by atoms with E-state index in [0.29, 0.717) is 0 Å². The van der Waals surface area contributed by atoms with Gasteiger partial charge in [-0.05, 0) is 18.4 Å². The van der Waals surface area contributed by atoms with Crippen molar-refractivity contribution in [3.63, 3.8) is 0 Å². The van der Waals surface area contributed by atoms with Crippen LogP contribution in [0.2, 0.25) is 0 Å². The average molecular weight is 349 g/mol. The molecule has 0 aliphatic heterocycles. The number of aliphatic carboxylic acids is 2. The zero-order valence-electron chi connectivity index (χ0n) is 14.5. The standard InChI is InChI=1S/C17H25NO.C2H2O4/c1-3-12-18(13-4-2)14-16-19-15-8-11-17-9-6-5-7-10-17;3-1(4)2(5)6/h3-7,9-10H,1-2,8,11-16H2;(H,3,4)(H,5,6). The fraction of sp³-hybridized carbons (Fsp3) is 0.368. The van der Waals surface area contributed by atoms with E-state index in [0.717, 1.165) is 45.7 Å². The van der Waals surface area contributed by atoms with Gasteiger partial charge in [-0.3, -0.25) is 4.90 Å². The topological polar surface area (TPSA) is 87.1 Å². The van der Waals surface area contributed by atoms with Crippen LogP contribution in [0.25, 0.3) is 0 Å². The summed E-state index contributed by atoms with van der Waals surface area (Å²) >= 11 is 0. The summed E-state index contributed by atoms with van der Waals surface area (Å²) in [5.41, 5.74) is 1.38. The molecule has 0 amide bonds. The Morgan fingerprint density at radius 3 is 2.04 bits per heavy atom. The van der Waals surface area contributed by atoms with Gasteiger partial charge in [0, 0.05) is 26.2 Å². The van der Waals surface area contributed by atoms with E-state index in [1.54, 1.807) is 0 Å². The van der Waals surface area contributed by atoms with E-state index >= 15 is 0 Å². The van der Waals surface area contributed by atoms with Crippen LogP contribution >= 0.6 is 0 Å². The Labute approximate surface area is 149 Å². The van der Waals surface area contributed by atoms with E-state index in [4.69, 9.17) is 24.5 Å². The van der Waals surface area contributed by atoms with Crippen LogP contribution in [0.1, 0.15) is 12.0 Å². The first-order chi connectivity index (χ1) is 12.0. The molecule has 6 heteroatoms. The predicted molar refractivity (Wildman–Crippen MR) is 97.7 cm³/mol. The first-order valence-corrected chi connectivity index (χ1v) is 8.03. The van der Waals surface area contributed by atoms with Crippen molar-refractivity contribution in [2.75, 3.05) is 32.8 Å². The number of hydrogen-bond donors (Lipinski definition) is 2. The summed E-state index contributed by atoms with van der Waals surface area (Å²) in [6.45, 7) is 11.8. The molecule has 138 valence electrons. The summed E-state index contributed by atoms with van der Waals surface area (Å²) in [5.74, 6) is -3.65. The smallest absolute Gasteiger partial charge is 0.414 e. The Hall–Kier alpha value is -2.44. The monoisotopic (exact) mass is 349 g/mol. The zero-order valence-corrected chi connectivity index (χ0v) is 14.5. The Kier molecular flexibility index (Phi) is 13.6. The minimum atomic E-state index is -1.82. The third-order valence-electron chi connectivity index (χ3n) is 3.11. The van der Waals surface area contributed by atoms with Crippen molar-refractivity contribution in [2.45, 2.75) is 12.8 Å². The summed E-state index contributed by atoms with van der Waals surface area (Å²) in [4.78, 5) is 20.5. The van der Waals surface area contributed by atoms with E-state index < -0.39 is 11.9 Å². The van der Waals surface area contributed by atoms with Crippen molar-refractivity contribution in [1.29, 1.82) is 0 Å². The minimum Gasteiger partial charge on any atom is -0.473 e. The van der Waals surface area contributed by atoms with Crippen molar-refractivity contribution in [3.05, 3.63) is 61.2 Å². The van der Waals surface area contributed by atoms with Crippen LogP contribution in [-0.2, 0) is 20.7 Å². The lowest BCUT2D eigenvalue weighted by molar-refractivity contribution is -0.159. The second kappa shape index (κ2) is 15.1. The number of hydrogen-bond acceptors (Lipinski definition) is 4. The van der Waals surface area contributed by atoms with Gasteiger partial charge >= 0.3 is 11.9 Å². The van der Waals surface area contributed by atoms with Gasteiger partial charge in [0.25, 0.3) is 0 Å².